The van der Waals surface area contributed by atoms with Crippen LogP contribution in [0.3, 0.4) is 0 Å². The van der Waals surface area contributed by atoms with Crippen LogP contribution in [0.2, 0.25) is 0 Å². The van der Waals surface area contributed by atoms with E-state index in [1.807, 2.05) is 0 Å². The summed E-state index contributed by atoms with van der Waals surface area (Å²) in [5.74, 6) is -1.76. The molecule has 3 fully saturated rings. The van der Waals surface area contributed by atoms with Gasteiger partial charge in [-0.2, -0.15) is 0 Å². The topological polar surface area (TPSA) is 55.4 Å². The number of hydrogen-bond donors (Lipinski definition) is 0. The Morgan fingerprint density at radius 1 is 0.189 bits per heavy atom. The van der Waals surface area contributed by atoms with Crippen molar-refractivity contribution in [2.45, 2.75) is 95.5 Å². The number of benzene rings is 12. The third-order valence-corrected chi connectivity index (χ3v) is 34.3. The number of hydrogen-bond acceptors (Lipinski definition) is 6. The molecule has 6 atom stereocenters. The first-order chi connectivity index (χ1) is 54.1. The van der Waals surface area contributed by atoms with Crippen LogP contribution in [-0.4, -0.2) is 91.0 Å². The summed E-state index contributed by atoms with van der Waals surface area (Å²) in [6.07, 6.45) is 5.91. The molecule has 0 unspecified atom stereocenters. The van der Waals surface area contributed by atoms with E-state index in [-0.39, 0.29) is 66.9 Å². The van der Waals surface area contributed by atoms with Gasteiger partial charge in [0, 0.05) is 37.0 Å². The van der Waals surface area contributed by atoms with Crippen molar-refractivity contribution in [1.82, 2.24) is 0 Å². The predicted molar refractivity (Wildman–Crippen MR) is 479 cm³/mol. The SMILES string of the molecule is CC1(C)O[C@@H](CP(c2ccccc2)c2ccccc2)[C@H](CP(c2ccccc2)c2ccccc2)O1.CC1(C)O[C@@H](CP(c2ccccc2)c2ccccc2)[C@H](CP(c2ccccc2)c2ccccc2)O1.CC1(C)O[C@@H](CP(c2ccccc2)c2ccccc2)[C@H](CP(c2ccccc2)c2ccccc2)O1.[Cl][Ru][Cl].[Cl][Ru][Cl]. The summed E-state index contributed by atoms with van der Waals surface area (Å²) in [6, 6.07) is 131. The Morgan fingerprint density at radius 2 is 0.270 bits per heavy atom. The number of halogens is 4. The van der Waals surface area contributed by atoms with Crippen molar-refractivity contribution in [2.75, 3.05) is 37.0 Å². The van der Waals surface area contributed by atoms with Gasteiger partial charge in [0.2, 0.25) is 0 Å². The van der Waals surface area contributed by atoms with Crippen molar-refractivity contribution in [3.8, 4) is 0 Å². The van der Waals surface area contributed by atoms with E-state index in [0.717, 1.165) is 37.0 Å². The average molecular weight is 1840 g/mol. The summed E-state index contributed by atoms with van der Waals surface area (Å²) in [5, 5.41) is 16.6. The molecule has 0 amide bonds. The van der Waals surface area contributed by atoms with Crippen LogP contribution in [0.25, 0.3) is 0 Å². The van der Waals surface area contributed by atoms with E-state index in [1.54, 1.807) is 0 Å². The summed E-state index contributed by atoms with van der Waals surface area (Å²) in [7, 11) is 16.0. The molecule has 12 aromatic rings. The first-order valence-electron chi connectivity index (χ1n) is 37.1. The van der Waals surface area contributed by atoms with Crippen LogP contribution in [-0.2, 0) is 58.7 Å². The van der Waals surface area contributed by atoms with Crippen molar-refractivity contribution in [2.24, 2.45) is 0 Å². The first kappa shape index (κ1) is 87.2. The van der Waals surface area contributed by atoms with Gasteiger partial charge in [-0.25, -0.2) is 0 Å². The van der Waals surface area contributed by atoms with Crippen LogP contribution in [0, 0.1) is 0 Å². The quantitative estimate of drug-likeness (QED) is 0.0444. The molecule has 3 saturated heterocycles. The van der Waals surface area contributed by atoms with Gasteiger partial charge in [-0.05, 0) is 153 Å². The van der Waals surface area contributed by atoms with Crippen LogP contribution in [0.5, 0.6) is 0 Å². The fourth-order valence-electron chi connectivity index (χ4n) is 14.2. The summed E-state index contributed by atoms with van der Waals surface area (Å²) >= 11 is -0.691. The molecule has 0 aromatic heterocycles. The molecular formula is C93H96Cl4O6P6Ru2. The zero-order valence-corrected chi connectivity index (χ0v) is 75.1. The fraction of sp³-hybridized carbons (Fsp3) is 0.226. The Hall–Kier alpha value is -4.61. The Bertz CT molecular complexity index is 3570. The second kappa shape index (κ2) is 45.2. The molecule has 3 aliphatic heterocycles. The second-order valence-corrected chi connectivity index (χ2v) is 46.7. The summed E-state index contributed by atoms with van der Waals surface area (Å²) in [4.78, 5) is 0. The van der Waals surface area contributed by atoms with Crippen molar-refractivity contribution >= 4 is 150 Å². The maximum atomic E-state index is 6.61. The average Bonchev–Trinajstić information content (AvgIpc) is 1.79. The van der Waals surface area contributed by atoms with Crippen LogP contribution < -0.4 is 63.7 Å². The van der Waals surface area contributed by atoms with Crippen LogP contribution >= 0.6 is 86.3 Å². The molecule has 15 rings (SSSR count). The molecule has 0 aliphatic carbocycles. The van der Waals surface area contributed by atoms with E-state index in [9.17, 15) is 0 Å². The first-order valence-corrected chi connectivity index (χ1v) is 55.2. The molecule has 0 spiro atoms. The molecule has 0 N–H and O–H groups in total. The molecule has 18 heteroatoms. The van der Waals surface area contributed by atoms with Gasteiger partial charge in [-0.15, -0.1) is 0 Å². The van der Waals surface area contributed by atoms with Crippen LogP contribution in [0.1, 0.15) is 41.5 Å². The van der Waals surface area contributed by atoms with Gasteiger partial charge in [-0.1, -0.05) is 364 Å². The third kappa shape index (κ3) is 26.7. The minimum atomic E-state index is -0.585. The number of ether oxygens (including phenoxy) is 6. The van der Waals surface area contributed by atoms with Crippen molar-refractivity contribution in [3.05, 3.63) is 364 Å². The van der Waals surface area contributed by atoms with Gasteiger partial charge in [0.05, 0.1) is 36.6 Å². The van der Waals surface area contributed by atoms with E-state index in [1.165, 1.54) is 63.7 Å². The van der Waals surface area contributed by atoms with Crippen molar-refractivity contribution in [1.29, 1.82) is 0 Å². The molecule has 0 bridgehead atoms. The van der Waals surface area contributed by atoms with Crippen molar-refractivity contribution < 1.29 is 58.7 Å². The molecule has 12 aromatic carbocycles. The second-order valence-electron chi connectivity index (χ2n) is 27.9. The van der Waals surface area contributed by atoms with Crippen LogP contribution in [0.15, 0.2) is 364 Å². The molecule has 6 nitrogen and oxygen atoms in total. The Morgan fingerprint density at radius 3 is 0.351 bits per heavy atom. The van der Waals surface area contributed by atoms with Gasteiger partial charge < -0.3 is 28.4 Å². The Labute approximate surface area is 698 Å². The Balaban J connectivity index is 0.000000159. The van der Waals surface area contributed by atoms with E-state index in [0.29, 0.717) is 0 Å². The summed E-state index contributed by atoms with van der Waals surface area (Å²) < 4.78 is 39.7. The standard InChI is InChI=1S/3C31H32O2P2.4ClH.2Ru/c3*1-31(2)32-29(23-34(25-15-7-3-8-16-25)26-17-9-4-10-18-26)30(33-31)24-35(27-19-11-5-12-20-27)28-21-13-6-14-22-28;;;;;;/h3*3-22,29-30H,23-24H2,1-2H3;4*1H;;/q;;;;;;;2*+2/p-4/t3*29-,30-;;;;;;/m000....../s1. The maximum absolute atomic E-state index is 6.61. The van der Waals surface area contributed by atoms with Gasteiger partial charge in [0.25, 0.3) is 0 Å². The van der Waals surface area contributed by atoms with E-state index in [4.69, 9.17) is 67.2 Å². The Kier molecular flexibility index (Phi) is 35.5. The third-order valence-electron chi connectivity index (χ3n) is 18.8. The van der Waals surface area contributed by atoms with Gasteiger partial charge in [-0.3, -0.25) is 0 Å². The normalized spacial score (nSPS) is 18.7. The molecule has 0 radical (unpaired) electrons. The molecule has 578 valence electrons. The molecule has 111 heavy (non-hydrogen) atoms. The van der Waals surface area contributed by atoms with Gasteiger partial charge >= 0.3 is 69.1 Å². The monoisotopic (exact) mass is 1840 g/mol. The van der Waals surface area contributed by atoms with Gasteiger partial charge in [0.15, 0.2) is 17.4 Å². The van der Waals surface area contributed by atoms with Crippen molar-refractivity contribution in [3.63, 3.8) is 0 Å². The zero-order chi connectivity index (χ0) is 77.7. The predicted octanol–water partition coefficient (Wildman–Crippen LogP) is 20.1. The zero-order valence-electron chi connectivity index (χ0n) is 63.2. The summed E-state index contributed by atoms with van der Waals surface area (Å²) in [5.41, 5.74) is 0. The minimum absolute atomic E-state index is 0.0361. The molecular weight excluding hydrogens is 1740 g/mol. The fourth-order valence-corrected chi connectivity index (χ4v) is 28.9. The summed E-state index contributed by atoms with van der Waals surface area (Å²) in [6.45, 7) is 12.3. The van der Waals surface area contributed by atoms with E-state index >= 15 is 0 Å². The number of rotatable bonds is 24. The van der Waals surface area contributed by atoms with Gasteiger partial charge in [0.1, 0.15) is 0 Å². The van der Waals surface area contributed by atoms with Crippen LogP contribution in [0.4, 0.5) is 0 Å². The van der Waals surface area contributed by atoms with E-state index < -0.39 is 64.9 Å². The molecule has 3 heterocycles. The van der Waals surface area contributed by atoms with E-state index in [2.05, 4.69) is 406 Å². The molecule has 3 aliphatic rings. The molecule has 0 saturated carbocycles.